The van der Waals surface area contributed by atoms with Gasteiger partial charge in [0.1, 0.15) is 11.9 Å². The van der Waals surface area contributed by atoms with Gasteiger partial charge in [0, 0.05) is 6.42 Å². The molecule has 0 aliphatic carbocycles. The summed E-state index contributed by atoms with van der Waals surface area (Å²) in [5.74, 6) is 0.198. The minimum Gasteiger partial charge on any atom is -0.459 e. The number of ether oxygens (including phenoxy) is 1. The molecule has 3 heteroatoms. The van der Waals surface area contributed by atoms with Crippen molar-refractivity contribution in [1.29, 1.82) is 0 Å². The van der Waals surface area contributed by atoms with Crippen molar-refractivity contribution in [2.45, 2.75) is 65.9 Å². The van der Waals surface area contributed by atoms with Crippen molar-refractivity contribution in [2.24, 2.45) is 11.8 Å². The van der Waals surface area contributed by atoms with Crippen LogP contribution in [0.25, 0.3) is 0 Å². The zero-order chi connectivity index (χ0) is 13.5. The van der Waals surface area contributed by atoms with Gasteiger partial charge in [0.25, 0.3) is 0 Å². The van der Waals surface area contributed by atoms with Gasteiger partial charge in [-0.1, -0.05) is 27.2 Å². The molecule has 0 fully saturated rings. The highest BCUT2D eigenvalue weighted by atomic mass is 16.6. The number of carbonyl (C=O) groups excluding carboxylic acids is 2. The van der Waals surface area contributed by atoms with E-state index in [2.05, 4.69) is 6.92 Å². The number of hydrogen-bond donors (Lipinski definition) is 0. The molecule has 1 unspecified atom stereocenters. The molecule has 0 saturated heterocycles. The van der Waals surface area contributed by atoms with E-state index in [1.807, 2.05) is 27.7 Å². The molecule has 0 aliphatic rings. The Bertz CT molecular complexity index is 244. The van der Waals surface area contributed by atoms with E-state index in [1.165, 1.54) is 0 Å². The smallest absolute Gasteiger partial charge is 0.308 e. The predicted molar refractivity (Wildman–Crippen MR) is 68.7 cm³/mol. The predicted octanol–water partition coefficient (Wildman–Crippen LogP) is 3.36. The van der Waals surface area contributed by atoms with Crippen molar-refractivity contribution in [3.05, 3.63) is 0 Å². The number of rotatable bonds is 8. The largest absolute Gasteiger partial charge is 0.459 e. The fourth-order valence-electron chi connectivity index (χ4n) is 1.60. The maximum Gasteiger partial charge on any atom is 0.308 e. The highest BCUT2D eigenvalue weighted by molar-refractivity contribution is 5.71. The lowest BCUT2D eigenvalue weighted by atomic mass is 9.95. The zero-order valence-electron chi connectivity index (χ0n) is 11.8. The molecular formula is C14H26O3. The van der Waals surface area contributed by atoms with E-state index in [1.54, 1.807) is 0 Å². The number of aldehydes is 1. The lowest BCUT2D eigenvalue weighted by Gasteiger charge is -2.26. The van der Waals surface area contributed by atoms with Crippen LogP contribution in [0.3, 0.4) is 0 Å². The van der Waals surface area contributed by atoms with Crippen LogP contribution in [0.2, 0.25) is 0 Å². The quantitative estimate of drug-likeness (QED) is 0.484. The molecule has 0 aliphatic heterocycles. The molecule has 0 aromatic carbocycles. The van der Waals surface area contributed by atoms with Crippen LogP contribution >= 0.6 is 0 Å². The molecule has 0 aromatic rings. The van der Waals surface area contributed by atoms with Crippen molar-refractivity contribution in [1.82, 2.24) is 0 Å². The molecule has 0 bridgehead atoms. The molecule has 0 aromatic heterocycles. The molecule has 17 heavy (non-hydrogen) atoms. The van der Waals surface area contributed by atoms with E-state index in [0.717, 1.165) is 25.5 Å². The van der Waals surface area contributed by atoms with Crippen LogP contribution in [0.15, 0.2) is 0 Å². The standard InChI is InChI=1S/C14H26O3/c1-11(2)13(16)17-14(4,5)9-6-7-12(3)8-10-15/h10-12H,6-9H2,1-5H3. The van der Waals surface area contributed by atoms with E-state index >= 15 is 0 Å². The lowest BCUT2D eigenvalue weighted by Crippen LogP contribution is -2.30. The highest BCUT2D eigenvalue weighted by Crippen LogP contribution is 2.22. The Labute approximate surface area is 105 Å². The minimum absolute atomic E-state index is 0.0803. The van der Waals surface area contributed by atoms with Gasteiger partial charge in [0.2, 0.25) is 0 Å². The lowest BCUT2D eigenvalue weighted by molar-refractivity contribution is -0.161. The fraction of sp³-hybridized carbons (Fsp3) is 0.857. The van der Waals surface area contributed by atoms with Crippen molar-refractivity contribution >= 4 is 12.3 Å². The second-order valence-corrected chi connectivity index (χ2v) is 5.74. The molecule has 100 valence electrons. The summed E-state index contributed by atoms with van der Waals surface area (Å²) in [6.45, 7) is 9.63. The van der Waals surface area contributed by atoms with Gasteiger partial charge in [-0.15, -0.1) is 0 Å². The highest BCUT2D eigenvalue weighted by Gasteiger charge is 2.24. The van der Waals surface area contributed by atoms with Crippen LogP contribution in [0.4, 0.5) is 0 Å². The molecule has 0 rings (SSSR count). The Morgan fingerprint density at radius 3 is 2.35 bits per heavy atom. The summed E-state index contributed by atoms with van der Waals surface area (Å²) in [6.07, 6.45) is 4.41. The van der Waals surface area contributed by atoms with E-state index in [-0.39, 0.29) is 11.9 Å². The van der Waals surface area contributed by atoms with E-state index < -0.39 is 5.60 Å². The number of hydrogen-bond acceptors (Lipinski definition) is 3. The first kappa shape index (κ1) is 16.1. The second kappa shape index (κ2) is 7.46. The minimum atomic E-state index is -0.401. The van der Waals surface area contributed by atoms with Gasteiger partial charge in [-0.3, -0.25) is 4.79 Å². The van der Waals surface area contributed by atoms with Crippen LogP contribution in [0, 0.1) is 11.8 Å². The molecular weight excluding hydrogens is 216 g/mol. The first-order valence-electron chi connectivity index (χ1n) is 6.45. The van der Waals surface area contributed by atoms with Gasteiger partial charge in [0.05, 0.1) is 5.92 Å². The summed E-state index contributed by atoms with van der Waals surface area (Å²) in [7, 11) is 0. The number of esters is 1. The van der Waals surface area contributed by atoms with E-state index in [9.17, 15) is 9.59 Å². The summed E-state index contributed by atoms with van der Waals surface area (Å²) in [6, 6.07) is 0. The molecule has 3 nitrogen and oxygen atoms in total. The molecule has 0 saturated carbocycles. The first-order valence-corrected chi connectivity index (χ1v) is 6.45. The monoisotopic (exact) mass is 242 g/mol. The van der Waals surface area contributed by atoms with Gasteiger partial charge >= 0.3 is 5.97 Å². The van der Waals surface area contributed by atoms with Crippen LogP contribution in [0.5, 0.6) is 0 Å². The van der Waals surface area contributed by atoms with Gasteiger partial charge in [-0.2, -0.15) is 0 Å². The summed E-state index contributed by atoms with van der Waals surface area (Å²) < 4.78 is 5.43. The first-order chi connectivity index (χ1) is 7.78. The van der Waals surface area contributed by atoms with Gasteiger partial charge in [-0.05, 0) is 32.6 Å². The van der Waals surface area contributed by atoms with Crippen LogP contribution in [-0.4, -0.2) is 17.9 Å². The van der Waals surface area contributed by atoms with Crippen molar-refractivity contribution in [3.8, 4) is 0 Å². The summed E-state index contributed by atoms with van der Waals surface area (Å²) in [5, 5.41) is 0. The Kier molecular flexibility index (Phi) is 7.09. The van der Waals surface area contributed by atoms with E-state index in [4.69, 9.17) is 4.74 Å². The average Bonchev–Trinajstić information content (AvgIpc) is 2.16. The summed E-state index contributed by atoms with van der Waals surface area (Å²) in [4.78, 5) is 21.8. The van der Waals surface area contributed by atoms with Crippen molar-refractivity contribution in [3.63, 3.8) is 0 Å². The third-order valence-electron chi connectivity index (χ3n) is 2.82. The second-order valence-electron chi connectivity index (χ2n) is 5.74. The molecule has 0 heterocycles. The Morgan fingerprint density at radius 2 is 1.88 bits per heavy atom. The van der Waals surface area contributed by atoms with Crippen LogP contribution < -0.4 is 0 Å². The molecule has 0 radical (unpaired) electrons. The normalized spacial score (nSPS) is 13.5. The Morgan fingerprint density at radius 1 is 1.29 bits per heavy atom. The van der Waals surface area contributed by atoms with Gasteiger partial charge in [-0.25, -0.2) is 0 Å². The van der Waals surface area contributed by atoms with Gasteiger partial charge in [0.15, 0.2) is 0 Å². The molecule has 0 spiro atoms. The fourth-order valence-corrected chi connectivity index (χ4v) is 1.60. The van der Waals surface area contributed by atoms with E-state index in [0.29, 0.717) is 12.3 Å². The maximum atomic E-state index is 11.5. The maximum absolute atomic E-state index is 11.5. The topological polar surface area (TPSA) is 43.4 Å². The number of carbonyl (C=O) groups is 2. The van der Waals surface area contributed by atoms with Crippen molar-refractivity contribution in [2.75, 3.05) is 0 Å². The van der Waals surface area contributed by atoms with Crippen LogP contribution in [0.1, 0.15) is 60.3 Å². The Hall–Kier alpha value is -0.860. The summed E-state index contributed by atoms with van der Waals surface area (Å²) >= 11 is 0. The summed E-state index contributed by atoms with van der Waals surface area (Å²) in [5.41, 5.74) is -0.401. The zero-order valence-corrected chi connectivity index (χ0v) is 11.8. The Balaban J connectivity index is 3.93. The molecule has 1 atom stereocenters. The average molecular weight is 242 g/mol. The third-order valence-corrected chi connectivity index (χ3v) is 2.82. The van der Waals surface area contributed by atoms with Crippen LogP contribution in [-0.2, 0) is 14.3 Å². The molecule has 0 amide bonds. The SMILES string of the molecule is CC(CC=O)CCCC(C)(C)OC(=O)C(C)C. The third kappa shape index (κ3) is 7.94. The van der Waals surface area contributed by atoms with Gasteiger partial charge < -0.3 is 9.53 Å². The van der Waals surface area contributed by atoms with Crippen molar-refractivity contribution < 1.29 is 14.3 Å². The molecule has 0 N–H and O–H groups in total.